The van der Waals surface area contributed by atoms with Crippen molar-refractivity contribution in [3.63, 3.8) is 0 Å². The molecular formula is C23H26N4O5. The Morgan fingerprint density at radius 2 is 1.94 bits per heavy atom. The van der Waals surface area contributed by atoms with Crippen molar-refractivity contribution in [3.8, 4) is 0 Å². The van der Waals surface area contributed by atoms with E-state index in [2.05, 4.69) is 10.3 Å². The number of hydrogen-bond donors (Lipinski definition) is 2. The van der Waals surface area contributed by atoms with E-state index in [0.717, 1.165) is 18.5 Å². The second-order valence-corrected chi connectivity index (χ2v) is 8.08. The van der Waals surface area contributed by atoms with E-state index < -0.39 is 17.0 Å². The highest BCUT2D eigenvalue weighted by atomic mass is 16.5. The van der Waals surface area contributed by atoms with Gasteiger partial charge in [-0.15, -0.1) is 0 Å². The number of benzene rings is 1. The molecule has 1 aliphatic heterocycles. The molecule has 1 fully saturated rings. The zero-order valence-corrected chi connectivity index (χ0v) is 18.1. The first-order chi connectivity index (χ1) is 15.4. The van der Waals surface area contributed by atoms with Crippen LogP contribution >= 0.6 is 0 Å². The molecule has 0 bridgehead atoms. The number of amides is 1. The number of aromatic nitrogens is 3. The van der Waals surface area contributed by atoms with Crippen molar-refractivity contribution in [2.45, 2.75) is 45.9 Å². The minimum Gasteiger partial charge on any atom is -0.376 e. The number of rotatable bonds is 6. The molecule has 1 aromatic carbocycles. The highest BCUT2D eigenvalue weighted by Gasteiger charge is 2.22. The number of aromatic amines is 1. The zero-order valence-electron chi connectivity index (χ0n) is 18.1. The fraction of sp³-hybridized carbons (Fsp3) is 0.391. The van der Waals surface area contributed by atoms with E-state index in [-0.39, 0.29) is 30.3 Å². The van der Waals surface area contributed by atoms with E-state index in [4.69, 9.17) is 4.74 Å². The largest absolute Gasteiger partial charge is 0.376 e. The predicted octanol–water partition coefficient (Wildman–Crippen LogP) is 1.08. The summed E-state index contributed by atoms with van der Waals surface area (Å²) in [6.07, 6.45) is 1.83. The van der Waals surface area contributed by atoms with Gasteiger partial charge in [-0.05, 0) is 50.5 Å². The molecule has 3 aromatic rings. The smallest absolute Gasteiger partial charge is 0.316 e. The number of H-pyrrole nitrogens is 1. The predicted molar refractivity (Wildman–Crippen MR) is 120 cm³/mol. The van der Waals surface area contributed by atoms with Gasteiger partial charge in [-0.2, -0.15) is 0 Å². The molecule has 0 radical (unpaired) electrons. The van der Waals surface area contributed by atoms with Crippen LogP contribution < -0.4 is 22.0 Å². The number of ether oxygens (including phenoxy) is 1. The van der Waals surface area contributed by atoms with E-state index in [1.165, 1.54) is 4.57 Å². The molecule has 168 valence electrons. The first-order valence-electron chi connectivity index (χ1n) is 10.7. The summed E-state index contributed by atoms with van der Waals surface area (Å²) in [7, 11) is 0. The molecule has 0 saturated carbocycles. The second-order valence-electron chi connectivity index (χ2n) is 8.08. The Labute approximate surface area is 183 Å². The molecule has 0 aliphatic carbocycles. The molecular weight excluding hydrogens is 412 g/mol. The Kier molecular flexibility index (Phi) is 6.09. The number of hydrogen-bond acceptors (Lipinski definition) is 5. The van der Waals surface area contributed by atoms with Gasteiger partial charge in [0.1, 0.15) is 5.56 Å². The average molecular weight is 438 g/mol. The summed E-state index contributed by atoms with van der Waals surface area (Å²) in [6, 6.07) is 8.78. The Morgan fingerprint density at radius 1 is 1.16 bits per heavy atom. The van der Waals surface area contributed by atoms with Crippen LogP contribution in [0.3, 0.4) is 0 Å². The van der Waals surface area contributed by atoms with Crippen molar-refractivity contribution in [1.82, 2.24) is 19.4 Å². The van der Waals surface area contributed by atoms with Gasteiger partial charge >= 0.3 is 11.1 Å². The molecule has 1 saturated heterocycles. The van der Waals surface area contributed by atoms with Gasteiger partial charge in [0.2, 0.25) is 0 Å². The van der Waals surface area contributed by atoms with Gasteiger partial charge in [0, 0.05) is 25.4 Å². The van der Waals surface area contributed by atoms with E-state index in [0.29, 0.717) is 29.7 Å². The van der Waals surface area contributed by atoms with Gasteiger partial charge < -0.3 is 24.2 Å². The number of nitrogens with zero attached hydrogens (tertiary/aromatic N) is 2. The zero-order chi connectivity index (χ0) is 22.8. The van der Waals surface area contributed by atoms with Crippen molar-refractivity contribution in [3.05, 3.63) is 78.2 Å². The summed E-state index contributed by atoms with van der Waals surface area (Å²) in [5.41, 5.74) is 0.788. The number of carbonyl (C=O) groups excluding carboxylic acids is 1. The van der Waals surface area contributed by atoms with Crippen molar-refractivity contribution < 1.29 is 9.53 Å². The third kappa shape index (κ3) is 4.16. The molecule has 0 spiro atoms. The molecule has 0 unspecified atom stereocenters. The van der Waals surface area contributed by atoms with Crippen LogP contribution in [0.2, 0.25) is 0 Å². The second kappa shape index (κ2) is 8.96. The summed E-state index contributed by atoms with van der Waals surface area (Å²) < 4.78 is 8.56. The topological polar surface area (TPSA) is 115 Å². The molecule has 2 aromatic heterocycles. The highest BCUT2D eigenvalue weighted by molar-refractivity contribution is 5.95. The number of carbonyl (C=O) groups is 1. The minimum atomic E-state index is -0.721. The van der Waals surface area contributed by atoms with E-state index in [1.807, 2.05) is 13.0 Å². The van der Waals surface area contributed by atoms with E-state index in [9.17, 15) is 19.2 Å². The minimum absolute atomic E-state index is 0.0265. The molecule has 3 heterocycles. The molecule has 9 heteroatoms. The quantitative estimate of drug-likeness (QED) is 0.559. The molecule has 32 heavy (non-hydrogen) atoms. The molecule has 9 nitrogen and oxygen atoms in total. The normalized spacial score (nSPS) is 15.9. The van der Waals surface area contributed by atoms with Gasteiger partial charge in [0.15, 0.2) is 0 Å². The van der Waals surface area contributed by atoms with Gasteiger partial charge in [-0.3, -0.25) is 19.2 Å². The van der Waals surface area contributed by atoms with Crippen molar-refractivity contribution in [2.24, 2.45) is 0 Å². The monoisotopic (exact) mass is 438 g/mol. The maximum Gasteiger partial charge on any atom is 0.316 e. The van der Waals surface area contributed by atoms with Crippen LogP contribution in [0.1, 0.15) is 34.5 Å². The number of aryl methyl sites for hydroxylation is 2. The van der Waals surface area contributed by atoms with Crippen molar-refractivity contribution in [1.29, 1.82) is 0 Å². The first-order valence-corrected chi connectivity index (χ1v) is 10.7. The summed E-state index contributed by atoms with van der Waals surface area (Å²) in [5.74, 6) is -0.504. The van der Waals surface area contributed by atoms with Crippen LogP contribution in [0.15, 0.2) is 44.7 Å². The van der Waals surface area contributed by atoms with Gasteiger partial charge in [0.05, 0.1) is 23.7 Å². The lowest BCUT2D eigenvalue weighted by Gasteiger charge is -2.17. The SMILES string of the molecule is Cc1cc(C)n(C[C@@H]2CCCO2)c(=O)c1C(=O)NCCn1c(=O)c(=O)[nH]c2ccccc21. The fourth-order valence-corrected chi connectivity index (χ4v) is 4.24. The lowest BCUT2D eigenvalue weighted by Crippen LogP contribution is -2.40. The lowest BCUT2D eigenvalue weighted by atomic mass is 10.1. The summed E-state index contributed by atoms with van der Waals surface area (Å²) >= 11 is 0. The van der Waals surface area contributed by atoms with Crippen LogP contribution in [0, 0.1) is 13.8 Å². The van der Waals surface area contributed by atoms with Crippen LogP contribution in [0.5, 0.6) is 0 Å². The van der Waals surface area contributed by atoms with Crippen LogP contribution in [-0.2, 0) is 17.8 Å². The molecule has 1 atom stereocenters. The Hall–Kier alpha value is -3.46. The molecule has 2 N–H and O–H groups in total. The number of pyridine rings is 1. The molecule has 1 aliphatic rings. The van der Waals surface area contributed by atoms with Crippen LogP contribution in [0.25, 0.3) is 11.0 Å². The van der Waals surface area contributed by atoms with E-state index >= 15 is 0 Å². The van der Waals surface area contributed by atoms with Gasteiger partial charge in [0.25, 0.3) is 11.5 Å². The molecule has 1 amide bonds. The van der Waals surface area contributed by atoms with Gasteiger partial charge in [-0.1, -0.05) is 12.1 Å². The fourth-order valence-electron chi connectivity index (χ4n) is 4.24. The standard InChI is InChI=1S/C23H26N4O5/c1-14-12-15(2)27(13-16-6-5-11-32-16)22(30)19(14)20(28)24-9-10-26-18-8-4-3-7-17(18)25-21(29)23(26)31/h3-4,7-8,12,16H,5-6,9-11,13H2,1-2H3,(H,24,28)(H,25,29)/t16-/m0/s1. The maximum atomic E-state index is 13.1. The maximum absolute atomic E-state index is 13.1. The first kappa shape index (κ1) is 21.8. The summed E-state index contributed by atoms with van der Waals surface area (Å²) in [5, 5.41) is 2.73. The number of para-hydroxylation sites is 2. The highest BCUT2D eigenvalue weighted by Crippen LogP contribution is 2.15. The Bertz CT molecular complexity index is 1350. The lowest BCUT2D eigenvalue weighted by molar-refractivity contribution is 0.0926. The van der Waals surface area contributed by atoms with Crippen LogP contribution in [0.4, 0.5) is 0 Å². The summed E-state index contributed by atoms with van der Waals surface area (Å²) in [6.45, 7) is 4.87. The van der Waals surface area contributed by atoms with Gasteiger partial charge in [-0.25, -0.2) is 0 Å². The number of fused-ring (bicyclic) bond motifs is 1. The third-order valence-electron chi connectivity index (χ3n) is 5.85. The third-order valence-corrected chi connectivity index (χ3v) is 5.85. The van der Waals surface area contributed by atoms with Crippen molar-refractivity contribution >= 4 is 16.9 Å². The van der Waals surface area contributed by atoms with E-state index in [1.54, 1.807) is 35.8 Å². The number of nitrogens with one attached hydrogen (secondary N) is 2. The average Bonchev–Trinajstić information content (AvgIpc) is 3.27. The summed E-state index contributed by atoms with van der Waals surface area (Å²) in [4.78, 5) is 52.8. The van der Waals surface area contributed by atoms with Crippen LogP contribution in [-0.4, -0.2) is 39.3 Å². The Balaban J connectivity index is 1.55. The van der Waals surface area contributed by atoms with Crippen molar-refractivity contribution in [2.75, 3.05) is 13.2 Å². The molecule has 4 rings (SSSR count). The Morgan fingerprint density at radius 3 is 2.69 bits per heavy atom.